The van der Waals surface area contributed by atoms with E-state index in [1.54, 1.807) is 17.5 Å². The largest absolute Gasteiger partial charge is 0.465 e. The van der Waals surface area contributed by atoms with Crippen molar-refractivity contribution >= 4 is 55.5 Å². The summed E-state index contributed by atoms with van der Waals surface area (Å²) in [4.78, 5) is 24.5. The maximum absolute atomic E-state index is 12.8. The summed E-state index contributed by atoms with van der Waals surface area (Å²) < 4.78 is 32.4. The van der Waals surface area contributed by atoms with Crippen molar-refractivity contribution in [2.24, 2.45) is 0 Å². The van der Waals surface area contributed by atoms with E-state index >= 15 is 0 Å². The number of methoxy groups -OCH3 is 1. The fourth-order valence-electron chi connectivity index (χ4n) is 2.43. The highest BCUT2D eigenvalue weighted by Gasteiger charge is 2.21. The zero-order chi connectivity index (χ0) is 21.0. The van der Waals surface area contributed by atoms with E-state index < -0.39 is 21.9 Å². The fourth-order valence-corrected chi connectivity index (χ4v) is 4.41. The van der Waals surface area contributed by atoms with E-state index in [4.69, 9.17) is 11.6 Å². The first-order valence-corrected chi connectivity index (χ1v) is 10.9. The monoisotopic (exact) mass is 450 g/mol. The van der Waals surface area contributed by atoms with Gasteiger partial charge in [0.1, 0.15) is 5.00 Å². The van der Waals surface area contributed by atoms with Crippen LogP contribution in [0.1, 0.15) is 20.7 Å². The van der Waals surface area contributed by atoms with Crippen LogP contribution in [0.5, 0.6) is 0 Å². The van der Waals surface area contributed by atoms with Gasteiger partial charge in [0.2, 0.25) is 0 Å². The van der Waals surface area contributed by atoms with Crippen LogP contribution in [0.25, 0.3) is 0 Å². The van der Waals surface area contributed by atoms with Crippen LogP contribution >= 0.6 is 22.9 Å². The Morgan fingerprint density at radius 3 is 2.38 bits per heavy atom. The van der Waals surface area contributed by atoms with Crippen molar-refractivity contribution in [1.29, 1.82) is 0 Å². The number of esters is 1. The van der Waals surface area contributed by atoms with Gasteiger partial charge in [-0.25, -0.2) is 13.2 Å². The topological polar surface area (TPSA) is 102 Å². The number of hydrogen-bond donors (Lipinski definition) is 2. The van der Waals surface area contributed by atoms with Crippen LogP contribution in [0.3, 0.4) is 0 Å². The van der Waals surface area contributed by atoms with Gasteiger partial charge in [-0.1, -0.05) is 23.7 Å². The van der Waals surface area contributed by atoms with E-state index in [9.17, 15) is 18.0 Å². The zero-order valence-corrected chi connectivity index (χ0v) is 17.4. The number of sulfonamides is 1. The highest BCUT2D eigenvalue weighted by atomic mass is 35.5. The van der Waals surface area contributed by atoms with Crippen LogP contribution in [0.2, 0.25) is 5.02 Å². The summed E-state index contributed by atoms with van der Waals surface area (Å²) >= 11 is 6.95. The molecule has 0 aliphatic carbocycles. The van der Waals surface area contributed by atoms with Crippen LogP contribution < -0.4 is 10.0 Å². The number of benzene rings is 2. The van der Waals surface area contributed by atoms with E-state index in [1.807, 2.05) is 0 Å². The van der Waals surface area contributed by atoms with Gasteiger partial charge in [-0.05, 0) is 47.8 Å². The average molecular weight is 451 g/mol. The summed E-state index contributed by atoms with van der Waals surface area (Å²) in [5, 5.41) is 4.96. The Hall–Kier alpha value is -2.88. The summed E-state index contributed by atoms with van der Waals surface area (Å²) in [5.41, 5.74) is 0.399. The number of para-hydroxylation sites is 1. The quantitative estimate of drug-likeness (QED) is 0.547. The van der Waals surface area contributed by atoms with Gasteiger partial charge >= 0.3 is 5.97 Å². The Labute approximate surface area is 176 Å². The lowest BCUT2D eigenvalue weighted by Crippen LogP contribution is -2.19. The molecule has 0 aliphatic heterocycles. The molecule has 0 bridgehead atoms. The first-order valence-electron chi connectivity index (χ1n) is 8.16. The molecule has 0 saturated carbocycles. The first-order chi connectivity index (χ1) is 13.8. The molecule has 0 radical (unpaired) electrons. The van der Waals surface area contributed by atoms with E-state index in [-0.39, 0.29) is 21.7 Å². The molecule has 3 aromatic rings. The van der Waals surface area contributed by atoms with E-state index in [1.165, 1.54) is 49.6 Å². The molecule has 29 heavy (non-hydrogen) atoms. The molecule has 1 aromatic heterocycles. The van der Waals surface area contributed by atoms with Crippen molar-refractivity contribution in [1.82, 2.24) is 0 Å². The molecule has 3 rings (SSSR count). The van der Waals surface area contributed by atoms with Gasteiger partial charge in [-0.15, -0.1) is 11.3 Å². The highest BCUT2D eigenvalue weighted by molar-refractivity contribution is 7.92. The Bertz CT molecular complexity index is 1160. The minimum absolute atomic E-state index is 0.00310. The van der Waals surface area contributed by atoms with Gasteiger partial charge in [-0.2, -0.15) is 0 Å². The van der Waals surface area contributed by atoms with E-state index in [0.717, 1.165) is 11.3 Å². The number of rotatable bonds is 6. The molecule has 0 aliphatic rings. The predicted molar refractivity (Wildman–Crippen MR) is 112 cm³/mol. The van der Waals surface area contributed by atoms with Gasteiger partial charge in [0.25, 0.3) is 15.9 Å². The van der Waals surface area contributed by atoms with Crippen molar-refractivity contribution in [3.8, 4) is 0 Å². The molecule has 10 heteroatoms. The number of nitrogens with one attached hydrogen (secondary N) is 2. The lowest BCUT2D eigenvalue weighted by molar-refractivity contribution is 0.0602. The molecular formula is C19H15ClN2O5S2. The summed E-state index contributed by atoms with van der Waals surface area (Å²) in [6.07, 6.45) is 0. The number of amides is 1. The molecule has 0 unspecified atom stereocenters. The summed E-state index contributed by atoms with van der Waals surface area (Å²) in [6, 6.07) is 13.3. The maximum Gasteiger partial charge on any atom is 0.340 e. The van der Waals surface area contributed by atoms with Gasteiger partial charge in [0.05, 0.1) is 28.8 Å². The van der Waals surface area contributed by atoms with E-state index in [0.29, 0.717) is 10.0 Å². The van der Waals surface area contributed by atoms with Crippen molar-refractivity contribution < 1.29 is 22.7 Å². The fraction of sp³-hybridized carbons (Fsp3) is 0.0526. The smallest absolute Gasteiger partial charge is 0.340 e. The number of carbonyl (C=O) groups is 2. The zero-order valence-electron chi connectivity index (χ0n) is 15.0. The molecule has 150 valence electrons. The third kappa shape index (κ3) is 4.76. The average Bonchev–Trinajstić information content (AvgIpc) is 3.16. The van der Waals surface area contributed by atoms with Crippen LogP contribution in [-0.2, 0) is 14.8 Å². The van der Waals surface area contributed by atoms with Crippen LogP contribution in [0, 0.1) is 0 Å². The van der Waals surface area contributed by atoms with Crippen LogP contribution in [-0.4, -0.2) is 27.4 Å². The molecule has 1 amide bonds. The second-order valence-corrected chi connectivity index (χ2v) is 8.75. The lowest BCUT2D eigenvalue weighted by atomic mass is 10.1. The molecule has 7 nitrogen and oxygen atoms in total. The Kier molecular flexibility index (Phi) is 6.21. The number of hydrogen-bond acceptors (Lipinski definition) is 6. The molecule has 1 heterocycles. The third-order valence-corrected chi connectivity index (χ3v) is 6.30. The van der Waals surface area contributed by atoms with Gasteiger partial charge in [0, 0.05) is 5.02 Å². The summed E-state index contributed by atoms with van der Waals surface area (Å²) in [7, 11) is -2.69. The van der Waals surface area contributed by atoms with Crippen LogP contribution in [0.4, 0.5) is 10.7 Å². The molecule has 2 N–H and O–H groups in total. The van der Waals surface area contributed by atoms with Crippen molar-refractivity contribution in [3.63, 3.8) is 0 Å². The number of anilines is 2. The van der Waals surface area contributed by atoms with Crippen molar-refractivity contribution in [2.75, 3.05) is 17.1 Å². The number of ether oxygens (including phenoxy) is 1. The van der Waals surface area contributed by atoms with Gasteiger partial charge in [-0.3, -0.25) is 9.52 Å². The minimum atomic E-state index is -3.93. The standard InChI is InChI=1S/C19H15ClN2O5S2/c1-27-19(24)15-10-11-28-18(15)21-17(23)14-4-2-3-5-16(14)22-29(25,26)13-8-6-12(20)7-9-13/h2-11,22H,1H3,(H,21,23). The molecule has 2 aromatic carbocycles. The highest BCUT2D eigenvalue weighted by Crippen LogP contribution is 2.27. The lowest BCUT2D eigenvalue weighted by Gasteiger charge is -2.13. The SMILES string of the molecule is COC(=O)c1ccsc1NC(=O)c1ccccc1NS(=O)(=O)c1ccc(Cl)cc1. The van der Waals surface area contributed by atoms with Gasteiger partial charge < -0.3 is 10.1 Å². The second-order valence-electron chi connectivity index (χ2n) is 5.71. The first kappa shape index (κ1) is 20.8. The van der Waals surface area contributed by atoms with E-state index in [2.05, 4.69) is 14.8 Å². The molecular weight excluding hydrogens is 436 g/mol. The number of halogens is 1. The maximum atomic E-state index is 12.8. The third-order valence-electron chi connectivity index (χ3n) is 3.84. The Balaban J connectivity index is 1.87. The van der Waals surface area contributed by atoms with Crippen LogP contribution in [0.15, 0.2) is 64.9 Å². The molecule has 0 fully saturated rings. The predicted octanol–water partition coefficient (Wildman–Crippen LogP) is 4.24. The summed E-state index contributed by atoms with van der Waals surface area (Å²) in [5.74, 6) is -1.16. The Morgan fingerprint density at radius 1 is 1.00 bits per heavy atom. The number of carbonyl (C=O) groups excluding carboxylic acids is 2. The summed E-state index contributed by atoms with van der Waals surface area (Å²) in [6.45, 7) is 0. The molecule has 0 saturated heterocycles. The minimum Gasteiger partial charge on any atom is -0.465 e. The van der Waals surface area contributed by atoms with Crippen molar-refractivity contribution in [3.05, 3.63) is 76.1 Å². The van der Waals surface area contributed by atoms with Gasteiger partial charge in [0.15, 0.2) is 0 Å². The second kappa shape index (κ2) is 8.64. The number of thiophene rings is 1. The normalized spacial score (nSPS) is 11.0. The molecule has 0 atom stereocenters. The van der Waals surface area contributed by atoms with Crippen molar-refractivity contribution in [2.45, 2.75) is 4.90 Å². The Morgan fingerprint density at radius 2 is 1.69 bits per heavy atom. The molecule has 0 spiro atoms.